The Morgan fingerprint density at radius 1 is 1.18 bits per heavy atom. The van der Waals surface area contributed by atoms with Gasteiger partial charge in [-0.2, -0.15) is 0 Å². The third-order valence-corrected chi connectivity index (χ3v) is 5.44. The molecule has 0 radical (unpaired) electrons. The maximum atomic E-state index is 12.7. The van der Waals surface area contributed by atoms with Gasteiger partial charge in [0, 0.05) is 36.6 Å². The lowest BCUT2D eigenvalue weighted by Crippen LogP contribution is -2.35. The van der Waals surface area contributed by atoms with Gasteiger partial charge >= 0.3 is 0 Å². The molecule has 28 heavy (non-hydrogen) atoms. The minimum atomic E-state index is -0.0904. The quantitative estimate of drug-likeness (QED) is 0.689. The molecule has 0 unspecified atom stereocenters. The van der Waals surface area contributed by atoms with Gasteiger partial charge in [0.2, 0.25) is 0 Å². The van der Waals surface area contributed by atoms with E-state index in [2.05, 4.69) is 14.9 Å². The van der Waals surface area contributed by atoms with E-state index in [1.54, 1.807) is 19.2 Å². The second kappa shape index (κ2) is 7.95. The van der Waals surface area contributed by atoms with Gasteiger partial charge in [-0.25, -0.2) is 4.98 Å². The summed E-state index contributed by atoms with van der Waals surface area (Å²) in [5, 5.41) is 1.24. The van der Waals surface area contributed by atoms with Crippen molar-refractivity contribution in [2.24, 2.45) is 0 Å². The van der Waals surface area contributed by atoms with Gasteiger partial charge in [0.15, 0.2) is 0 Å². The molecule has 1 aliphatic rings. The number of hydrogen-bond donors (Lipinski definition) is 1. The van der Waals surface area contributed by atoms with Crippen LogP contribution >= 0.6 is 23.2 Å². The number of halogens is 2. The van der Waals surface area contributed by atoms with Crippen molar-refractivity contribution >= 4 is 23.2 Å². The smallest absolute Gasteiger partial charge is 0.255 e. The van der Waals surface area contributed by atoms with Crippen molar-refractivity contribution in [3.63, 3.8) is 0 Å². The van der Waals surface area contributed by atoms with Crippen LogP contribution in [0.4, 0.5) is 0 Å². The van der Waals surface area contributed by atoms with Crippen molar-refractivity contribution in [1.82, 2.24) is 14.9 Å². The fourth-order valence-corrected chi connectivity index (χ4v) is 3.83. The summed E-state index contributed by atoms with van der Waals surface area (Å²) in [7, 11) is 1.60. The predicted octanol–water partition coefficient (Wildman–Crippen LogP) is 4.31. The van der Waals surface area contributed by atoms with Crippen molar-refractivity contribution in [3.8, 4) is 17.1 Å². The maximum Gasteiger partial charge on any atom is 0.255 e. The Balaban J connectivity index is 1.55. The number of aromatic amines is 1. The number of ether oxygens (including phenoxy) is 1. The van der Waals surface area contributed by atoms with Gasteiger partial charge in [0.05, 0.1) is 23.4 Å². The molecule has 0 aliphatic carbocycles. The molecule has 0 saturated carbocycles. The number of fused-ring (bicyclic) bond motifs is 1. The summed E-state index contributed by atoms with van der Waals surface area (Å²) in [6, 6.07) is 13.1. The van der Waals surface area contributed by atoms with Gasteiger partial charge in [-0.1, -0.05) is 29.3 Å². The SMILES string of the molecule is COc1ccc(CN2CCc3nc(-c4ccc(Cl)cc4)[nH]c(=O)c3C2)cc1Cl. The zero-order valence-electron chi connectivity index (χ0n) is 15.3. The average Bonchev–Trinajstić information content (AvgIpc) is 2.69. The third kappa shape index (κ3) is 3.92. The maximum absolute atomic E-state index is 12.7. The van der Waals surface area contributed by atoms with Crippen molar-refractivity contribution in [3.05, 3.63) is 79.7 Å². The van der Waals surface area contributed by atoms with E-state index in [0.717, 1.165) is 35.3 Å². The Kier molecular flexibility index (Phi) is 5.40. The van der Waals surface area contributed by atoms with Crippen LogP contribution in [0.3, 0.4) is 0 Å². The van der Waals surface area contributed by atoms with Crippen molar-refractivity contribution in [2.75, 3.05) is 13.7 Å². The molecule has 144 valence electrons. The van der Waals surface area contributed by atoms with E-state index in [0.29, 0.717) is 34.7 Å². The standard InChI is InChI=1S/C21H19Cl2N3O2/c1-28-19-7-2-13(10-17(19)23)11-26-9-8-18-16(12-26)21(27)25-20(24-18)14-3-5-15(22)6-4-14/h2-7,10H,8-9,11-12H2,1H3,(H,24,25,27). The second-order valence-corrected chi connectivity index (χ2v) is 7.62. The molecule has 2 heterocycles. The molecule has 1 aromatic heterocycles. The number of benzene rings is 2. The Bertz CT molecular complexity index is 1060. The average molecular weight is 416 g/mol. The van der Waals surface area contributed by atoms with E-state index in [9.17, 15) is 4.79 Å². The van der Waals surface area contributed by atoms with Crippen molar-refractivity contribution in [2.45, 2.75) is 19.5 Å². The fraction of sp³-hybridized carbons (Fsp3) is 0.238. The molecule has 4 rings (SSSR count). The zero-order valence-corrected chi connectivity index (χ0v) is 16.8. The summed E-state index contributed by atoms with van der Waals surface area (Å²) in [5.74, 6) is 1.24. The lowest BCUT2D eigenvalue weighted by atomic mass is 10.1. The first kappa shape index (κ1) is 19.0. The molecule has 0 saturated heterocycles. The molecular formula is C21H19Cl2N3O2. The van der Waals surface area contributed by atoms with E-state index in [1.807, 2.05) is 30.3 Å². The lowest BCUT2D eigenvalue weighted by Gasteiger charge is -2.27. The van der Waals surface area contributed by atoms with Crippen LogP contribution in [0.25, 0.3) is 11.4 Å². The first-order valence-corrected chi connectivity index (χ1v) is 9.72. The highest BCUT2D eigenvalue weighted by Gasteiger charge is 2.22. The molecule has 2 aromatic carbocycles. The molecule has 0 fully saturated rings. The van der Waals surface area contributed by atoms with Crippen LogP contribution in [0.5, 0.6) is 5.75 Å². The van der Waals surface area contributed by atoms with Gasteiger partial charge in [-0.15, -0.1) is 0 Å². The normalized spacial score (nSPS) is 14.0. The number of rotatable bonds is 4. The minimum absolute atomic E-state index is 0.0904. The van der Waals surface area contributed by atoms with Crippen LogP contribution in [0.2, 0.25) is 10.0 Å². The molecular weight excluding hydrogens is 397 g/mol. The van der Waals surface area contributed by atoms with Crippen LogP contribution < -0.4 is 10.3 Å². The first-order chi connectivity index (χ1) is 13.5. The summed E-state index contributed by atoms with van der Waals surface area (Å²) in [6.45, 7) is 2.09. The molecule has 5 nitrogen and oxygen atoms in total. The Hall–Kier alpha value is -2.34. The Morgan fingerprint density at radius 3 is 2.68 bits per heavy atom. The second-order valence-electron chi connectivity index (χ2n) is 6.78. The van der Waals surface area contributed by atoms with Crippen molar-refractivity contribution in [1.29, 1.82) is 0 Å². The van der Waals surface area contributed by atoms with E-state index in [1.165, 1.54) is 0 Å². The summed E-state index contributed by atoms with van der Waals surface area (Å²) < 4.78 is 5.20. The van der Waals surface area contributed by atoms with Crippen LogP contribution in [0.1, 0.15) is 16.8 Å². The van der Waals surface area contributed by atoms with E-state index in [-0.39, 0.29) is 5.56 Å². The summed E-state index contributed by atoms with van der Waals surface area (Å²) in [5.41, 5.74) is 3.42. The van der Waals surface area contributed by atoms with Gasteiger partial charge < -0.3 is 9.72 Å². The molecule has 0 amide bonds. The topological polar surface area (TPSA) is 58.2 Å². The molecule has 0 atom stereocenters. The number of nitrogens with one attached hydrogen (secondary N) is 1. The van der Waals surface area contributed by atoms with Crippen LogP contribution in [-0.4, -0.2) is 28.5 Å². The van der Waals surface area contributed by atoms with Crippen molar-refractivity contribution < 1.29 is 4.74 Å². The van der Waals surface area contributed by atoms with E-state index >= 15 is 0 Å². The summed E-state index contributed by atoms with van der Waals surface area (Å²) in [4.78, 5) is 22.5. The van der Waals surface area contributed by atoms with Gasteiger partial charge in [-0.05, 0) is 42.0 Å². The van der Waals surface area contributed by atoms with Gasteiger partial charge in [0.1, 0.15) is 11.6 Å². The number of nitrogens with zero attached hydrogens (tertiary/aromatic N) is 2. The Labute approximate surface area is 172 Å². The largest absolute Gasteiger partial charge is 0.495 e. The molecule has 0 spiro atoms. The number of methoxy groups -OCH3 is 1. The highest BCUT2D eigenvalue weighted by atomic mass is 35.5. The highest BCUT2D eigenvalue weighted by molar-refractivity contribution is 6.32. The summed E-state index contributed by atoms with van der Waals surface area (Å²) in [6.07, 6.45) is 0.726. The third-order valence-electron chi connectivity index (χ3n) is 4.89. The number of hydrogen-bond acceptors (Lipinski definition) is 4. The molecule has 0 bridgehead atoms. The van der Waals surface area contributed by atoms with Gasteiger partial charge in [-0.3, -0.25) is 9.69 Å². The predicted molar refractivity (Wildman–Crippen MR) is 111 cm³/mol. The Morgan fingerprint density at radius 2 is 1.96 bits per heavy atom. The van der Waals surface area contributed by atoms with Crippen LogP contribution in [-0.2, 0) is 19.5 Å². The molecule has 1 N–H and O–H groups in total. The number of H-pyrrole nitrogens is 1. The lowest BCUT2D eigenvalue weighted by molar-refractivity contribution is 0.242. The minimum Gasteiger partial charge on any atom is -0.495 e. The van der Waals surface area contributed by atoms with Crippen LogP contribution in [0, 0.1) is 0 Å². The fourth-order valence-electron chi connectivity index (χ4n) is 3.43. The first-order valence-electron chi connectivity index (χ1n) is 8.96. The molecule has 1 aliphatic heterocycles. The van der Waals surface area contributed by atoms with Gasteiger partial charge in [0.25, 0.3) is 5.56 Å². The van der Waals surface area contributed by atoms with E-state index < -0.39 is 0 Å². The highest BCUT2D eigenvalue weighted by Crippen LogP contribution is 2.26. The number of aromatic nitrogens is 2. The van der Waals surface area contributed by atoms with Crippen LogP contribution in [0.15, 0.2) is 47.3 Å². The monoisotopic (exact) mass is 415 g/mol. The molecule has 3 aromatic rings. The summed E-state index contributed by atoms with van der Waals surface area (Å²) >= 11 is 12.2. The zero-order chi connectivity index (χ0) is 19.7. The molecule has 7 heteroatoms. The van der Waals surface area contributed by atoms with E-state index in [4.69, 9.17) is 27.9 Å².